The molecule has 0 spiro atoms. The zero-order chi connectivity index (χ0) is 18.1. The number of carbonyl (C=O) groups is 2. The van der Waals surface area contributed by atoms with E-state index in [1.165, 1.54) is 0 Å². The van der Waals surface area contributed by atoms with E-state index in [1.807, 2.05) is 42.2 Å². The molecule has 2 aromatic rings. The Morgan fingerprint density at radius 3 is 2.81 bits per heavy atom. The normalized spacial score (nSPS) is 20.2. The van der Waals surface area contributed by atoms with Crippen LogP contribution in [0.3, 0.4) is 0 Å². The van der Waals surface area contributed by atoms with Gasteiger partial charge in [0.1, 0.15) is 0 Å². The van der Waals surface area contributed by atoms with Crippen molar-refractivity contribution in [3.05, 3.63) is 41.6 Å². The lowest BCUT2D eigenvalue weighted by molar-refractivity contribution is -0.149. The molecule has 0 N–H and O–H groups in total. The number of para-hydroxylation sites is 1. The molecule has 1 atom stereocenters. The van der Waals surface area contributed by atoms with E-state index in [4.69, 9.17) is 9.72 Å². The monoisotopic (exact) mass is 352 g/mol. The molecule has 0 bridgehead atoms. The molecule has 4 rings (SSSR count). The van der Waals surface area contributed by atoms with Crippen molar-refractivity contribution in [2.24, 2.45) is 5.92 Å². The summed E-state index contributed by atoms with van der Waals surface area (Å²) in [6.45, 7) is 3.31. The van der Waals surface area contributed by atoms with Crippen LogP contribution in [-0.2, 0) is 9.53 Å². The van der Waals surface area contributed by atoms with Crippen molar-refractivity contribution >= 4 is 22.8 Å². The minimum atomic E-state index is -0.219. The molecule has 1 aromatic heterocycles. The molecular weight excluding hydrogens is 328 g/mol. The molecule has 1 saturated heterocycles. The van der Waals surface area contributed by atoms with Crippen molar-refractivity contribution in [3.63, 3.8) is 0 Å². The van der Waals surface area contributed by atoms with Crippen LogP contribution in [0, 0.1) is 5.92 Å². The number of hydrogen-bond donors (Lipinski definition) is 0. The largest absolute Gasteiger partial charge is 0.466 e. The number of likely N-dealkylation sites (tertiary alicyclic amines) is 1. The van der Waals surface area contributed by atoms with E-state index < -0.39 is 0 Å². The van der Waals surface area contributed by atoms with Crippen molar-refractivity contribution in [2.75, 3.05) is 19.7 Å². The van der Waals surface area contributed by atoms with Gasteiger partial charge in [-0.25, -0.2) is 0 Å². The first-order valence-corrected chi connectivity index (χ1v) is 9.53. The quantitative estimate of drug-likeness (QED) is 0.790. The second-order valence-electron chi connectivity index (χ2n) is 7.23. The Hall–Kier alpha value is -2.43. The fraction of sp³-hybridized carbons (Fsp3) is 0.476. The third-order valence-electron chi connectivity index (χ3n) is 5.29. The van der Waals surface area contributed by atoms with Crippen molar-refractivity contribution in [1.82, 2.24) is 9.88 Å². The van der Waals surface area contributed by atoms with Crippen LogP contribution in [0.1, 0.15) is 54.6 Å². The van der Waals surface area contributed by atoms with E-state index in [0.717, 1.165) is 42.3 Å². The number of ether oxygens (including phenoxy) is 1. The van der Waals surface area contributed by atoms with Gasteiger partial charge in [0.15, 0.2) is 0 Å². The number of fused-ring (bicyclic) bond motifs is 1. The molecule has 136 valence electrons. The van der Waals surface area contributed by atoms with Crippen LogP contribution in [-0.4, -0.2) is 41.5 Å². The molecular formula is C21H24N2O3. The predicted octanol–water partition coefficient (Wildman–Crippen LogP) is 3.53. The van der Waals surface area contributed by atoms with Crippen LogP contribution >= 0.6 is 0 Å². The van der Waals surface area contributed by atoms with E-state index in [9.17, 15) is 9.59 Å². The standard InChI is InChI=1S/C21H24N2O3/c1-2-26-21(25)15-6-5-11-23(13-15)20(24)17-12-19(14-9-10-14)22-18-8-4-3-7-16(17)18/h3-4,7-8,12,14-15H,2,5-6,9-11,13H2,1H3/t15-/m1/s1. The highest BCUT2D eigenvalue weighted by molar-refractivity contribution is 6.06. The first-order chi connectivity index (χ1) is 12.7. The van der Waals surface area contributed by atoms with E-state index >= 15 is 0 Å². The van der Waals surface area contributed by atoms with Crippen molar-refractivity contribution < 1.29 is 14.3 Å². The Labute approximate surface area is 153 Å². The maximum atomic E-state index is 13.3. The summed E-state index contributed by atoms with van der Waals surface area (Å²) in [6, 6.07) is 9.79. The summed E-state index contributed by atoms with van der Waals surface area (Å²) >= 11 is 0. The molecule has 1 saturated carbocycles. The minimum Gasteiger partial charge on any atom is -0.466 e. The number of esters is 1. The van der Waals surface area contributed by atoms with Crippen LogP contribution in [0.15, 0.2) is 30.3 Å². The molecule has 1 aromatic carbocycles. The van der Waals surface area contributed by atoms with Gasteiger partial charge in [-0.1, -0.05) is 18.2 Å². The summed E-state index contributed by atoms with van der Waals surface area (Å²) in [5.74, 6) is 0.0752. The lowest BCUT2D eigenvalue weighted by Gasteiger charge is -2.32. The van der Waals surface area contributed by atoms with Gasteiger partial charge in [0, 0.05) is 30.1 Å². The summed E-state index contributed by atoms with van der Waals surface area (Å²) < 4.78 is 5.16. The molecule has 2 heterocycles. The number of amides is 1. The summed E-state index contributed by atoms with van der Waals surface area (Å²) in [6.07, 6.45) is 3.90. The number of carbonyl (C=O) groups excluding carboxylic acids is 2. The van der Waals surface area contributed by atoms with E-state index in [0.29, 0.717) is 31.2 Å². The second-order valence-corrected chi connectivity index (χ2v) is 7.23. The van der Waals surface area contributed by atoms with Gasteiger partial charge >= 0.3 is 5.97 Å². The van der Waals surface area contributed by atoms with Gasteiger partial charge in [-0.05, 0) is 44.7 Å². The average molecular weight is 352 g/mol. The Morgan fingerprint density at radius 1 is 1.23 bits per heavy atom. The maximum Gasteiger partial charge on any atom is 0.310 e. The van der Waals surface area contributed by atoms with Crippen LogP contribution in [0.25, 0.3) is 10.9 Å². The van der Waals surface area contributed by atoms with Crippen molar-refractivity contribution in [1.29, 1.82) is 0 Å². The molecule has 0 radical (unpaired) electrons. The Kier molecular flexibility index (Phi) is 4.62. The minimum absolute atomic E-state index is 0.000464. The van der Waals surface area contributed by atoms with Crippen LogP contribution in [0.5, 0.6) is 0 Å². The zero-order valence-electron chi connectivity index (χ0n) is 15.1. The number of hydrogen-bond acceptors (Lipinski definition) is 4. The molecule has 1 aliphatic heterocycles. The lowest BCUT2D eigenvalue weighted by atomic mass is 9.96. The first kappa shape index (κ1) is 17.0. The van der Waals surface area contributed by atoms with Gasteiger partial charge in [-0.2, -0.15) is 0 Å². The highest BCUT2D eigenvalue weighted by Crippen LogP contribution is 2.40. The zero-order valence-corrected chi connectivity index (χ0v) is 15.1. The maximum absolute atomic E-state index is 13.3. The summed E-state index contributed by atoms with van der Waals surface area (Å²) in [7, 11) is 0. The van der Waals surface area contributed by atoms with Crippen molar-refractivity contribution in [2.45, 2.75) is 38.5 Å². The molecule has 0 unspecified atom stereocenters. The predicted molar refractivity (Wildman–Crippen MR) is 99.0 cm³/mol. The number of piperidine rings is 1. The third-order valence-corrected chi connectivity index (χ3v) is 5.29. The highest BCUT2D eigenvalue weighted by Gasteiger charge is 2.32. The molecule has 5 nitrogen and oxygen atoms in total. The number of rotatable bonds is 4. The summed E-state index contributed by atoms with van der Waals surface area (Å²) in [5.41, 5.74) is 2.60. The average Bonchev–Trinajstić information content (AvgIpc) is 3.52. The SMILES string of the molecule is CCOC(=O)[C@@H]1CCCN(C(=O)c2cc(C3CC3)nc3ccccc23)C1. The fourth-order valence-corrected chi connectivity index (χ4v) is 3.75. The molecule has 5 heteroatoms. The number of nitrogens with zero attached hydrogens (tertiary/aromatic N) is 2. The Morgan fingerprint density at radius 2 is 2.04 bits per heavy atom. The van der Waals surface area contributed by atoms with Crippen LogP contribution in [0.4, 0.5) is 0 Å². The molecule has 1 amide bonds. The molecule has 26 heavy (non-hydrogen) atoms. The second kappa shape index (κ2) is 7.06. The molecule has 2 aliphatic rings. The molecule has 2 fully saturated rings. The van der Waals surface area contributed by atoms with Gasteiger partial charge in [-0.15, -0.1) is 0 Å². The topological polar surface area (TPSA) is 59.5 Å². The number of pyridine rings is 1. The molecule has 1 aliphatic carbocycles. The van der Waals surface area contributed by atoms with E-state index in [2.05, 4.69) is 0 Å². The summed E-state index contributed by atoms with van der Waals surface area (Å²) in [5, 5.41) is 0.889. The van der Waals surface area contributed by atoms with Gasteiger partial charge in [0.2, 0.25) is 0 Å². The van der Waals surface area contributed by atoms with E-state index in [1.54, 1.807) is 0 Å². The first-order valence-electron chi connectivity index (χ1n) is 9.53. The van der Waals surface area contributed by atoms with E-state index in [-0.39, 0.29) is 17.8 Å². The smallest absolute Gasteiger partial charge is 0.310 e. The Balaban J connectivity index is 1.64. The van der Waals surface area contributed by atoms with Gasteiger partial charge < -0.3 is 9.64 Å². The summed E-state index contributed by atoms with van der Waals surface area (Å²) in [4.78, 5) is 31.9. The third kappa shape index (κ3) is 3.30. The van der Waals surface area contributed by atoms with Gasteiger partial charge in [0.25, 0.3) is 5.91 Å². The van der Waals surface area contributed by atoms with Crippen LogP contribution < -0.4 is 0 Å². The number of aromatic nitrogens is 1. The van der Waals surface area contributed by atoms with Gasteiger partial charge in [-0.3, -0.25) is 14.6 Å². The van der Waals surface area contributed by atoms with Gasteiger partial charge in [0.05, 0.1) is 23.6 Å². The lowest BCUT2D eigenvalue weighted by Crippen LogP contribution is -2.43. The fourth-order valence-electron chi connectivity index (χ4n) is 3.75. The highest BCUT2D eigenvalue weighted by atomic mass is 16.5. The van der Waals surface area contributed by atoms with Crippen molar-refractivity contribution in [3.8, 4) is 0 Å². The van der Waals surface area contributed by atoms with Crippen LogP contribution in [0.2, 0.25) is 0 Å². The Bertz CT molecular complexity index is 844. The number of benzene rings is 1.